The molecular weight excluding hydrogens is 242 g/mol. The molecule has 94 valence electrons. The third-order valence-electron chi connectivity index (χ3n) is 2.56. The second-order valence-corrected chi connectivity index (χ2v) is 3.89. The number of anilines is 1. The molecule has 3 rings (SSSR count). The van der Waals surface area contributed by atoms with Crippen LogP contribution < -0.4 is 10.7 Å². The van der Waals surface area contributed by atoms with Gasteiger partial charge in [-0.2, -0.15) is 0 Å². The van der Waals surface area contributed by atoms with E-state index < -0.39 is 0 Å². The quantitative estimate of drug-likeness (QED) is 0.735. The van der Waals surface area contributed by atoms with Gasteiger partial charge in [-0.05, 0) is 24.3 Å². The Morgan fingerprint density at radius 3 is 2.74 bits per heavy atom. The molecule has 3 aromatic rings. The van der Waals surface area contributed by atoms with Crippen molar-refractivity contribution in [1.82, 2.24) is 14.6 Å². The highest BCUT2D eigenvalue weighted by atomic mass is 16.2. The van der Waals surface area contributed by atoms with Crippen molar-refractivity contribution in [3.8, 4) is 0 Å². The summed E-state index contributed by atoms with van der Waals surface area (Å²) >= 11 is 0. The molecule has 0 spiro atoms. The first kappa shape index (κ1) is 11.2. The maximum absolute atomic E-state index is 11.8. The standard InChI is InChI=1S/C13H11N5O/c19-13(16-10-5-2-1-3-6-10)17-18-9-15-11-7-4-8-14-12(11)18/h1-9H,(H2,16,17,19). The number of pyridine rings is 1. The van der Waals surface area contributed by atoms with Gasteiger partial charge < -0.3 is 5.32 Å². The summed E-state index contributed by atoms with van der Waals surface area (Å²) < 4.78 is 1.48. The Morgan fingerprint density at radius 2 is 1.89 bits per heavy atom. The van der Waals surface area contributed by atoms with E-state index in [2.05, 4.69) is 20.7 Å². The maximum atomic E-state index is 11.8. The molecule has 0 saturated carbocycles. The molecular formula is C13H11N5O. The smallest absolute Gasteiger partial charge is 0.307 e. The van der Waals surface area contributed by atoms with Crippen LogP contribution in [0.3, 0.4) is 0 Å². The van der Waals surface area contributed by atoms with E-state index in [4.69, 9.17) is 0 Å². The third kappa shape index (κ3) is 2.37. The number of para-hydroxylation sites is 1. The molecule has 0 aliphatic rings. The van der Waals surface area contributed by atoms with E-state index in [9.17, 15) is 4.79 Å². The molecule has 0 aliphatic heterocycles. The fourth-order valence-electron chi connectivity index (χ4n) is 1.72. The number of fused-ring (bicyclic) bond motifs is 1. The number of nitrogens with zero attached hydrogens (tertiary/aromatic N) is 3. The number of nitrogens with one attached hydrogen (secondary N) is 2. The zero-order valence-corrected chi connectivity index (χ0v) is 9.95. The summed E-state index contributed by atoms with van der Waals surface area (Å²) in [5.41, 5.74) is 4.70. The first-order chi connectivity index (χ1) is 9.33. The Bertz CT molecular complexity index is 707. The van der Waals surface area contributed by atoms with Crippen molar-refractivity contribution in [3.63, 3.8) is 0 Å². The Morgan fingerprint density at radius 1 is 1.05 bits per heavy atom. The van der Waals surface area contributed by atoms with E-state index in [-0.39, 0.29) is 6.03 Å². The van der Waals surface area contributed by atoms with Crippen LogP contribution in [0.4, 0.5) is 10.5 Å². The summed E-state index contributed by atoms with van der Waals surface area (Å²) in [4.78, 5) is 20.1. The van der Waals surface area contributed by atoms with Crippen molar-refractivity contribution in [2.45, 2.75) is 0 Å². The number of hydrogen-bond acceptors (Lipinski definition) is 3. The number of rotatable bonds is 2. The number of urea groups is 1. The van der Waals surface area contributed by atoms with Crippen molar-refractivity contribution in [1.29, 1.82) is 0 Å². The van der Waals surface area contributed by atoms with E-state index in [1.54, 1.807) is 12.3 Å². The zero-order chi connectivity index (χ0) is 13.1. The minimum absolute atomic E-state index is 0.351. The summed E-state index contributed by atoms with van der Waals surface area (Å²) in [6.07, 6.45) is 3.17. The summed E-state index contributed by atoms with van der Waals surface area (Å²) in [6.45, 7) is 0. The van der Waals surface area contributed by atoms with Crippen molar-refractivity contribution in [2.24, 2.45) is 0 Å². The molecule has 2 aromatic heterocycles. The molecule has 0 atom stereocenters. The first-order valence-electron chi connectivity index (χ1n) is 5.74. The van der Waals surface area contributed by atoms with Crippen LogP contribution in [0.15, 0.2) is 55.0 Å². The van der Waals surface area contributed by atoms with E-state index in [0.29, 0.717) is 5.65 Å². The predicted molar refractivity (Wildman–Crippen MR) is 72.3 cm³/mol. The summed E-state index contributed by atoms with van der Waals surface area (Å²) in [5.74, 6) is 0. The highest BCUT2D eigenvalue weighted by Crippen LogP contribution is 2.08. The van der Waals surface area contributed by atoms with Gasteiger partial charge in [-0.3, -0.25) is 0 Å². The molecule has 6 nitrogen and oxygen atoms in total. The molecule has 0 unspecified atom stereocenters. The largest absolute Gasteiger partial charge is 0.338 e. The first-order valence-corrected chi connectivity index (χ1v) is 5.74. The monoisotopic (exact) mass is 253 g/mol. The van der Waals surface area contributed by atoms with Crippen molar-refractivity contribution < 1.29 is 4.79 Å². The fourth-order valence-corrected chi connectivity index (χ4v) is 1.72. The molecule has 2 amide bonds. The van der Waals surface area contributed by atoms with E-state index in [1.807, 2.05) is 36.4 Å². The zero-order valence-electron chi connectivity index (χ0n) is 9.95. The lowest BCUT2D eigenvalue weighted by Gasteiger charge is -2.08. The second-order valence-electron chi connectivity index (χ2n) is 3.89. The van der Waals surface area contributed by atoms with Crippen LogP contribution in [0, 0.1) is 0 Å². The molecule has 0 saturated heterocycles. The second kappa shape index (κ2) is 4.77. The summed E-state index contributed by atoms with van der Waals surface area (Å²) in [5, 5.41) is 2.72. The Labute approximate surface area is 109 Å². The molecule has 0 aliphatic carbocycles. The lowest BCUT2D eigenvalue weighted by molar-refractivity contribution is 0.260. The number of imidazole rings is 1. The number of hydrogen-bond donors (Lipinski definition) is 2. The third-order valence-corrected chi connectivity index (χ3v) is 2.56. The SMILES string of the molecule is O=C(Nc1ccccc1)Nn1cnc2cccnc21. The maximum Gasteiger partial charge on any atom is 0.338 e. The van der Waals surface area contributed by atoms with Crippen LogP contribution in [-0.4, -0.2) is 20.7 Å². The average Bonchev–Trinajstić information content (AvgIpc) is 2.83. The van der Waals surface area contributed by atoms with E-state index >= 15 is 0 Å². The lowest BCUT2D eigenvalue weighted by atomic mass is 10.3. The van der Waals surface area contributed by atoms with Gasteiger partial charge in [0.2, 0.25) is 0 Å². The average molecular weight is 253 g/mol. The van der Waals surface area contributed by atoms with Gasteiger partial charge in [-0.25, -0.2) is 24.9 Å². The topological polar surface area (TPSA) is 71.8 Å². The van der Waals surface area contributed by atoms with Gasteiger partial charge >= 0.3 is 6.03 Å². The van der Waals surface area contributed by atoms with Crippen LogP contribution in [0.25, 0.3) is 11.2 Å². The van der Waals surface area contributed by atoms with Gasteiger partial charge in [-0.15, -0.1) is 0 Å². The van der Waals surface area contributed by atoms with Gasteiger partial charge in [0.1, 0.15) is 11.8 Å². The molecule has 0 radical (unpaired) electrons. The minimum Gasteiger partial charge on any atom is -0.307 e. The van der Waals surface area contributed by atoms with Crippen molar-refractivity contribution in [3.05, 3.63) is 55.0 Å². The molecule has 0 bridgehead atoms. The number of carbonyl (C=O) groups excluding carboxylic acids is 1. The van der Waals surface area contributed by atoms with E-state index in [1.165, 1.54) is 11.0 Å². The highest BCUT2D eigenvalue weighted by Gasteiger charge is 2.06. The molecule has 1 aromatic carbocycles. The van der Waals surface area contributed by atoms with E-state index in [0.717, 1.165) is 11.2 Å². The number of amides is 2. The van der Waals surface area contributed by atoms with Crippen LogP contribution in [0.5, 0.6) is 0 Å². The summed E-state index contributed by atoms with van der Waals surface area (Å²) in [6, 6.07) is 12.5. The van der Waals surface area contributed by atoms with Crippen LogP contribution in [0.2, 0.25) is 0 Å². The highest BCUT2D eigenvalue weighted by molar-refractivity contribution is 5.95. The molecule has 2 N–H and O–H groups in total. The lowest BCUT2D eigenvalue weighted by Crippen LogP contribution is -2.27. The molecule has 2 heterocycles. The van der Waals surface area contributed by atoms with Gasteiger partial charge in [0.25, 0.3) is 0 Å². The normalized spacial score (nSPS) is 10.3. The van der Waals surface area contributed by atoms with Crippen molar-refractivity contribution >= 4 is 22.9 Å². The van der Waals surface area contributed by atoms with Gasteiger partial charge in [0.15, 0.2) is 5.65 Å². The van der Waals surface area contributed by atoms with Crippen LogP contribution in [0.1, 0.15) is 0 Å². The number of carbonyl (C=O) groups is 1. The van der Waals surface area contributed by atoms with Crippen LogP contribution in [-0.2, 0) is 0 Å². The molecule has 6 heteroatoms. The number of aromatic nitrogens is 3. The Balaban J connectivity index is 1.76. The van der Waals surface area contributed by atoms with Crippen molar-refractivity contribution in [2.75, 3.05) is 10.7 Å². The number of benzene rings is 1. The van der Waals surface area contributed by atoms with Gasteiger partial charge in [-0.1, -0.05) is 18.2 Å². The van der Waals surface area contributed by atoms with Gasteiger partial charge in [0.05, 0.1) is 0 Å². The molecule has 0 fully saturated rings. The minimum atomic E-state index is -0.351. The predicted octanol–water partition coefficient (Wildman–Crippen LogP) is 2.21. The summed E-state index contributed by atoms with van der Waals surface area (Å²) in [7, 11) is 0. The van der Waals surface area contributed by atoms with Crippen LogP contribution >= 0.6 is 0 Å². The van der Waals surface area contributed by atoms with Gasteiger partial charge in [0, 0.05) is 11.9 Å². The molecule has 19 heavy (non-hydrogen) atoms. The Hall–Kier alpha value is -2.89. The fraction of sp³-hybridized carbons (Fsp3) is 0. The Kier molecular flexibility index (Phi) is 2.82.